The summed E-state index contributed by atoms with van der Waals surface area (Å²) in [4.78, 5) is 0. The minimum atomic E-state index is 0.790. The zero-order valence-corrected chi connectivity index (χ0v) is 8.09. The second kappa shape index (κ2) is 3.21. The molecule has 2 rings (SSSR count). The molecule has 3 atom stereocenters. The van der Waals surface area contributed by atoms with Gasteiger partial charge in [0.05, 0.1) is 0 Å². The van der Waals surface area contributed by atoms with Crippen LogP contribution in [0.2, 0.25) is 0 Å². The number of fused-ring (bicyclic) bond motifs is 1. The first-order chi connectivity index (χ1) is 5.77. The molecule has 0 saturated heterocycles. The van der Waals surface area contributed by atoms with E-state index in [9.17, 15) is 0 Å². The molecule has 1 heteroatoms. The lowest BCUT2D eigenvalue weighted by Gasteiger charge is -2.41. The van der Waals surface area contributed by atoms with Crippen molar-refractivity contribution in [3.8, 4) is 0 Å². The third-order valence-corrected chi connectivity index (χ3v) is 3.17. The lowest BCUT2D eigenvalue weighted by atomic mass is 9.71. The summed E-state index contributed by atoms with van der Waals surface area (Å²) < 4.78 is 0. The normalized spacial score (nSPS) is 38.4. The van der Waals surface area contributed by atoms with Gasteiger partial charge in [-0.1, -0.05) is 26.0 Å². The minimum absolute atomic E-state index is 0.790. The molecule has 1 N–H and O–H groups in total. The molecular weight excluding hydrogens is 146 g/mol. The van der Waals surface area contributed by atoms with Crippen LogP contribution < -0.4 is 5.32 Å². The molecule has 2 aliphatic carbocycles. The Morgan fingerprint density at radius 2 is 2.33 bits per heavy atom. The van der Waals surface area contributed by atoms with Gasteiger partial charge in [-0.05, 0) is 37.1 Å². The van der Waals surface area contributed by atoms with E-state index in [1.165, 1.54) is 19.4 Å². The van der Waals surface area contributed by atoms with Crippen molar-refractivity contribution in [2.24, 2.45) is 17.8 Å². The Labute approximate surface area is 75.2 Å². The van der Waals surface area contributed by atoms with Gasteiger partial charge in [0.15, 0.2) is 0 Å². The molecule has 1 saturated carbocycles. The standard InChI is InChI=1S/C11H19N/c1-8(2)7-12-11-6-9-4-3-5-10(9)11/h3-4,8-12H,5-7H2,1-2H3/t9-,10-,11+/m1/s1. The number of hydrogen-bond acceptors (Lipinski definition) is 1. The smallest absolute Gasteiger partial charge is 0.0110 e. The highest BCUT2D eigenvalue weighted by atomic mass is 14.9. The van der Waals surface area contributed by atoms with Gasteiger partial charge in [-0.3, -0.25) is 0 Å². The number of rotatable bonds is 3. The van der Waals surface area contributed by atoms with Crippen LogP contribution >= 0.6 is 0 Å². The van der Waals surface area contributed by atoms with Crippen LogP contribution in [0.15, 0.2) is 12.2 Å². The highest BCUT2D eigenvalue weighted by molar-refractivity contribution is 5.12. The predicted octanol–water partition coefficient (Wildman–Crippen LogP) is 2.20. The summed E-state index contributed by atoms with van der Waals surface area (Å²) in [6.07, 6.45) is 7.46. The first-order valence-corrected chi connectivity index (χ1v) is 5.17. The Morgan fingerprint density at radius 1 is 1.50 bits per heavy atom. The largest absolute Gasteiger partial charge is 0.313 e. The fraction of sp³-hybridized carbons (Fsp3) is 0.818. The molecule has 12 heavy (non-hydrogen) atoms. The molecule has 0 aliphatic heterocycles. The van der Waals surface area contributed by atoms with Crippen LogP contribution in [0.4, 0.5) is 0 Å². The zero-order chi connectivity index (χ0) is 8.55. The summed E-state index contributed by atoms with van der Waals surface area (Å²) in [5.41, 5.74) is 0. The molecule has 0 unspecified atom stereocenters. The summed E-state index contributed by atoms with van der Waals surface area (Å²) in [6.45, 7) is 5.74. The average molecular weight is 165 g/mol. The highest BCUT2D eigenvalue weighted by Gasteiger charge is 2.40. The molecule has 0 spiro atoms. The molecule has 1 nitrogen and oxygen atoms in total. The van der Waals surface area contributed by atoms with E-state index in [2.05, 4.69) is 31.3 Å². The predicted molar refractivity (Wildman–Crippen MR) is 52.0 cm³/mol. The lowest BCUT2D eigenvalue weighted by Crippen LogP contribution is -2.49. The fourth-order valence-electron chi connectivity index (χ4n) is 2.34. The molecule has 0 aromatic rings. The number of nitrogens with one attached hydrogen (secondary N) is 1. The van der Waals surface area contributed by atoms with Crippen LogP contribution in [0.3, 0.4) is 0 Å². The van der Waals surface area contributed by atoms with Crippen LogP contribution in [0.25, 0.3) is 0 Å². The Morgan fingerprint density at radius 3 is 3.00 bits per heavy atom. The first kappa shape index (κ1) is 8.31. The van der Waals surface area contributed by atoms with E-state index in [1.54, 1.807) is 0 Å². The third kappa shape index (κ3) is 1.42. The van der Waals surface area contributed by atoms with E-state index in [1.807, 2.05) is 0 Å². The van der Waals surface area contributed by atoms with Crippen LogP contribution in [0, 0.1) is 17.8 Å². The monoisotopic (exact) mass is 165 g/mol. The van der Waals surface area contributed by atoms with Crippen molar-refractivity contribution >= 4 is 0 Å². The molecule has 0 heterocycles. The van der Waals surface area contributed by atoms with Gasteiger partial charge in [-0.15, -0.1) is 0 Å². The van der Waals surface area contributed by atoms with Gasteiger partial charge in [-0.25, -0.2) is 0 Å². The Balaban J connectivity index is 1.72. The Kier molecular flexibility index (Phi) is 2.22. The SMILES string of the molecule is CC(C)CN[C@H]1C[C@H]2C=CC[C@H]21. The van der Waals surface area contributed by atoms with Crippen LogP contribution in [-0.4, -0.2) is 12.6 Å². The van der Waals surface area contributed by atoms with E-state index >= 15 is 0 Å². The second-order valence-corrected chi connectivity index (χ2v) is 4.64. The van der Waals surface area contributed by atoms with Crippen molar-refractivity contribution in [1.82, 2.24) is 5.32 Å². The van der Waals surface area contributed by atoms with Crippen molar-refractivity contribution in [1.29, 1.82) is 0 Å². The molecule has 0 aromatic carbocycles. The van der Waals surface area contributed by atoms with Gasteiger partial charge >= 0.3 is 0 Å². The maximum Gasteiger partial charge on any atom is 0.0110 e. The quantitative estimate of drug-likeness (QED) is 0.632. The van der Waals surface area contributed by atoms with Gasteiger partial charge in [0.25, 0.3) is 0 Å². The Hall–Kier alpha value is -0.300. The van der Waals surface area contributed by atoms with E-state index in [-0.39, 0.29) is 0 Å². The summed E-state index contributed by atoms with van der Waals surface area (Å²) in [5, 5.41) is 3.65. The molecule has 2 aliphatic rings. The van der Waals surface area contributed by atoms with Crippen LogP contribution in [-0.2, 0) is 0 Å². The first-order valence-electron chi connectivity index (χ1n) is 5.17. The van der Waals surface area contributed by atoms with Crippen molar-refractivity contribution in [3.63, 3.8) is 0 Å². The lowest BCUT2D eigenvalue weighted by molar-refractivity contribution is 0.156. The topological polar surface area (TPSA) is 12.0 Å². The highest BCUT2D eigenvalue weighted by Crippen LogP contribution is 2.42. The minimum Gasteiger partial charge on any atom is -0.313 e. The van der Waals surface area contributed by atoms with E-state index in [0.29, 0.717) is 0 Å². The third-order valence-electron chi connectivity index (χ3n) is 3.17. The maximum atomic E-state index is 3.65. The molecular formula is C11H19N. The van der Waals surface area contributed by atoms with E-state index in [0.717, 1.165) is 23.8 Å². The fourth-order valence-corrected chi connectivity index (χ4v) is 2.34. The average Bonchev–Trinajstić information content (AvgIpc) is 2.32. The van der Waals surface area contributed by atoms with Crippen molar-refractivity contribution in [2.75, 3.05) is 6.54 Å². The van der Waals surface area contributed by atoms with Gasteiger partial charge in [0, 0.05) is 6.04 Å². The summed E-state index contributed by atoms with van der Waals surface area (Å²) in [7, 11) is 0. The van der Waals surface area contributed by atoms with E-state index in [4.69, 9.17) is 0 Å². The summed E-state index contributed by atoms with van der Waals surface area (Å²) in [6, 6.07) is 0.826. The molecule has 0 bridgehead atoms. The van der Waals surface area contributed by atoms with Gasteiger partial charge in [0.2, 0.25) is 0 Å². The second-order valence-electron chi connectivity index (χ2n) is 4.64. The summed E-state index contributed by atoms with van der Waals surface area (Å²) >= 11 is 0. The Bertz CT molecular complexity index is 183. The molecule has 0 aromatic heterocycles. The molecule has 68 valence electrons. The zero-order valence-electron chi connectivity index (χ0n) is 8.09. The molecule has 0 amide bonds. The molecule has 0 radical (unpaired) electrons. The van der Waals surface area contributed by atoms with Crippen molar-refractivity contribution in [3.05, 3.63) is 12.2 Å². The maximum absolute atomic E-state index is 3.65. The van der Waals surface area contributed by atoms with Crippen LogP contribution in [0.5, 0.6) is 0 Å². The van der Waals surface area contributed by atoms with Gasteiger partial charge in [-0.2, -0.15) is 0 Å². The summed E-state index contributed by atoms with van der Waals surface area (Å²) in [5.74, 6) is 2.66. The van der Waals surface area contributed by atoms with Gasteiger partial charge < -0.3 is 5.32 Å². The van der Waals surface area contributed by atoms with E-state index < -0.39 is 0 Å². The number of allylic oxidation sites excluding steroid dienone is 2. The molecule has 1 fully saturated rings. The van der Waals surface area contributed by atoms with Crippen LogP contribution in [0.1, 0.15) is 26.7 Å². The van der Waals surface area contributed by atoms with Gasteiger partial charge in [0.1, 0.15) is 0 Å². The van der Waals surface area contributed by atoms with Crippen molar-refractivity contribution < 1.29 is 0 Å². The number of hydrogen-bond donors (Lipinski definition) is 1. The van der Waals surface area contributed by atoms with Crippen molar-refractivity contribution in [2.45, 2.75) is 32.7 Å².